The summed E-state index contributed by atoms with van der Waals surface area (Å²) in [7, 11) is 0. The van der Waals surface area contributed by atoms with Gasteiger partial charge in [-0.3, -0.25) is 4.79 Å². The van der Waals surface area contributed by atoms with E-state index in [1.54, 1.807) is 0 Å². The highest BCUT2D eigenvalue weighted by Crippen LogP contribution is 2.61. The normalized spacial score (nSPS) is 51.7. The van der Waals surface area contributed by atoms with E-state index in [-0.39, 0.29) is 10.8 Å². The van der Waals surface area contributed by atoms with Gasteiger partial charge < -0.3 is 4.74 Å². The van der Waals surface area contributed by atoms with Gasteiger partial charge in [0.25, 0.3) is 0 Å². The van der Waals surface area contributed by atoms with Gasteiger partial charge in [0.15, 0.2) is 0 Å². The van der Waals surface area contributed by atoms with Gasteiger partial charge in [0.2, 0.25) is 0 Å². The highest BCUT2D eigenvalue weighted by atomic mass is 16.5. The van der Waals surface area contributed by atoms with Gasteiger partial charge in [-0.25, -0.2) is 0 Å². The highest BCUT2D eigenvalue weighted by molar-refractivity contribution is 5.87. The highest BCUT2D eigenvalue weighted by Gasteiger charge is 2.61. The van der Waals surface area contributed by atoms with E-state index < -0.39 is 0 Å². The van der Waals surface area contributed by atoms with Crippen molar-refractivity contribution in [2.24, 2.45) is 28.6 Å². The summed E-state index contributed by atoms with van der Waals surface area (Å²) in [6, 6.07) is 0. The van der Waals surface area contributed by atoms with Crippen LogP contribution in [0.25, 0.3) is 0 Å². The molecule has 2 fully saturated rings. The van der Waals surface area contributed by atoms with E-state index in [1.165, 1.54) is 0 Å². The van der Waals surface area contributed by atoms with Gasteiger partial charge in [-0.15, -0.1) is 0 Å². The lowest BCUT2D eigenvalue weighted by atomic mass is 9.46. The molecule has 3 aliphatic rings. The molecule has 2 heteroatoms. The van der Waals surface area contributed by atoms with Crippen LogP contribution >= 0.6 is 0 Å². The number of ketones is 1. The molecule has 1 heterocycles. The Morgan fingerprint density at radius 3 is 2.94 bits per heavy atom. The van der Waals surface area contributed by atoms with E-state index in [4.69, 9.17) is 4.74 Å². The van der Waals surface area contributed by atoms with Crippen molar-refractivity contribution in [1.82, 2.24) is 0 Å². The van der Waals surface area contributed by atoms with Gasteiger partial charge >= 0.3 is 0 Å². The molecule has 5 atom stereocenters. The molecule has 0 N–H and O–H groups in total. The molecule has 0 aromatic rings. The molecular formula is C16H24O2. The van der Waals surface area contributed by atoms with Crippen LogP contribution in [-0.2, 0) is 9.53 Å². The first-order valence-electron chi connectivity index (χ1n) is 7.29. The minimum atomic E-state index is -0.230. The van der Waals surface area contributed by atoms with Crippen LogP contribution < -0.4 is 0 Å². The number of hydrogen-bond acceptors (Lipinski definition) is 2. The van der Waals surface area contributed by atoms with Gasteiger partial charge in [0.05, 0.1) is 12.0 Å². The molecule has 18 heavy (non-hydrogen) atoms. The van der Waals surface area contributed by atoms with Crippen LogP contribution in [0.4, 0.5) is 0 Å². The number of rotatable bonds is 0. The Hall–Kier alpha value is -0.630. The largest absolute Gasteiger partial charge is 0.380 e. The van der Waals surface area contributed by atoms with Crippen LogP contribution in [0.1, 0.15) is 40.0 Å². The number of carbonyl (C=O) groups excluding carboxylic acids is 1. The van der Waals surface area contributed by atoms with Gasteiger partial charge in [-0.05, 0) is 36.0 Å². The van der Waals surface area contributed by atoms with E-state index in [1.807, 2.05) is 0 Å². The molecule has 1 saturated heterocycles. The molecule has 1 saturated carbocycles. The van der Waals surface area contributed by atoms with E-state index >= 15 is 0 Å². The average molecular weight is 248 g/mol. The van der Waals surface area contributed by atoms with Crippen LogP contribution in [0.15, 0.2) is 12.2 Å². The standard InChI is InChI=1S/C16H24O2/c1-11-5-4-6-13-15(3)7-8-18-10-16(11,13)14(17)9-12(15)2/h4-5,11-13H,6-10H2,1-3H3/t11-,12+,13-,15+,16-/m0/s1. The van der Waals surface area contributed by atoms with E-state index in [0.717, 1.165) is 25.9 Å². The quantitative estimate of drug-likeness (QED) is 0.615. The second-order valence-corrected chi connectivity index (χ2v) is 6.88. The zero-order chi connectivity index (χ0) is 13.0. The van der Waals surface area contributed by atoms with E-state index in [2.05, 4.69) is 32.9 Å². The molecule has 1 aliphatic heterocycles. The first-order chi connectivity index (χ1) is 8.52. The topological polar surface area (TPSA) is 26.3 Å². The van der Waals surface area contributed by atoms with Crippen molar-refractivity contribution < 1.29 is 9.53 Å². The fourth-order valence-corrected chi connectivity index (χ4v) is 4.74. The fraction of sp³-hybridized carbons (Fsp3) is 0.812. The maximum absolute atomic E-state index is 12.8. The summed E-state index contributed by atoms with van der Waals surface area (Å²) < 4.78 is 5.87. The third-order valence-corrected chi connectivity index (χ3v) is 6.29. The second kappa shape index (κ2) is 3.93. The first kappa shape index (κ1) is 12.4. The predicted octanol–water partition coefficient (Wildman–Crippen LogP) is 3.22. The lowest BCUT2D eigenvalue weighted by Crippen LogP contribution is -2.58. The SMILES string of the molecule is C[C@@H]1CC(=O)[C@]23COCC[C@@]1(C)[C@@H]2CC=C[C@@H]3C. The van der Waals surface area contributed by atoms with Gasteiger partial charge in [0, 0.05) is 13.0 Å². The van der Waals surface area contributed by atoms with Gasteiger partial charge in [-0.2, -0.15) is 0 Å². The van der Waals surface area contributed by atoms with Gasteiger partial charge in [-0.1, -0.05) is 32.9 Å². The molecule has 3 rings (SSSR count). The van der Waals surface area contributed by atoms with E-state index in [0.29, 0.717) is 30.1 Å². The van der Waals surface area contributed by atoms with Crippen molar-refractivity contribution in [2.75, 3.05) is 13.2 Å². The molecule has 2 nitrogen and oxygen atoms in total. The zero-order valence-corrected chi connectivity index (χ0v) is 11.7. The van der Waals surface area contributed by atoms with Crippen molar-refractivity contribution in [3.63, 3.8) is 0 Å². The lowest BCUT2D eigenvalue weighted by Gasteiger charge is -2.56. The number of carbonyl (C=O) groups is 1. The van der Waals surface area contributed by atoms with E-state index in [9.17, 15) is 4.79 Å². The number of ether oxygens (including phenoxy) is 1. The summed E-state index contributed by atoms with van der Waals surface area (Å²) in [5, 5.41) is 0. The summed E-state index contributed by atoms with van der Waals surface area (Å²) in [5.41, 5.74) is 0.0376. The van der Waals surface area contributed by atoms with Crippen LogP contribution in [0, 0.1) is 28.6 Å². The molecular weight excluding hydrogens is 224 g/mol. The molecule has 0 unspecified atom stereocenters. The third-order valence-electron chi connectivity index (χ3n) is 6.29. The summed E-state index contributed by atoms with van der Waals surface area (Å²) in [6.07, 6.45) is 7.44. The number of allylic oxidation sites excluding steroid dienone is 2. The Morgan fingerprint density at radius 1 is 1.39 bits per heavy atom. The summed E-state index contributed by atoms with van der Waals surface area (Å²) in [4.78, 5) is 12.8. The lowest BCUT2D eigenvalue weighted by molar-refractivity contribution is -0.156. The fourth-order valence-electron chi connectivity index (χ4n) is 4.74. The Balaban J connectivity index is 2.16. The molecule has 2 aliphatic carbocycles. The maximum Gasteiger partial charge on any atom is 0.142 e. The summed E-state index contributed by atoms with van der Waals surface area (Å²) in [6.45, 7) is 8.31. The van der Waals surface area contributed by atoms with Crippen molar-refractivity contribution in [3.05, 3.63) is 12.2 Å². The van der Waals surface area contributed by atoms with Crippen LogP contribution in [0.5, 0.6) is 0 Å². The molecule has 2 bridgehead atoms. The Labute approximate surface area is 110 Å². The molecule has 100 valence electrons. The predicted molar refractivity (Wildman–Crippen MR) is 71.2 cm³/mol. The number of hydrogen-bond donors (Lipinski definition) is 0. The molecule has 0 radical (unpaired) electrons. The van der Waals surface area contributed by atoms with Crippen LogP contribution in [0.2, 0.25) is 0 Å². The second-order valence-electron chi connectivity index (χ2n) is 6.88. The summed E-state index contributed by atoms with van der Waals surface area (Å²) >= 11 is 0. The number of Topliss-reactive ketones (excluding diaryl/α,β-unsaturated/α-hetero) is 1. The monoisotopic (exact) mass is 248 g/mol. The van der Waals surface area contributed by atoms with Gasteiger partial charge in [0.1, 0.15) is 5.78 Å². The minimum Gasteiger partial charge on any atom is -0.380 e. The Bertz CT molecular complexity index is 400. The first-order valence-corrected chi connectivity index (χ1v) is 7.29. The van der Waals surface area contributed by atoms with Crippen LogP contribution in [-0.4, -0.2) is 19.0 Å². The molecule has 0 amide bonds. The van der Waals surface area contributed by atoms with Crippen molar-refractivity contribution in [2.45, 2.75) is 40.0 Å². The Morgan fingerprint density at radius 2 is 2.17 bits per heavy atom. The van der Waals surface area contributed by atoms with Crippen molar-refractivity contribution >= 4 is 5.78 Å². The third kappa shape index (κ3) is 1.36. The molecule has 0 aromatic carbocycles. The van der Waals surface area contributed by atoms with Crippen molar-refractivity contribution in [1.29, 1.82) is 0 Å². The summed E-state index contributed by atoms with van der Waals surface area (Å²) in [5.74, 6) is 1.75. The maximum atomic E-state index is 12.8. The average Bonchev–Trinajstić information content (AvgIpc) is 2.46. The van der Waals surface area contributed by atoms with Crippen LogP contribution in [0.3, 0.4) is 0 Å². The molecule has 0 aromatic heterocycles. The zero-order valence-electron chi connectivity index (χ0n) is 11.7. The smallest absolute Gasteiger partial charge is 0.142 e. The minimum absolute atomic E-state index is 0.230. The molecule has 0 spiro atoms. The Kier molecular flexibility index (Phi) is 2.71. The van der Waals surface area contributed by atoms with Crippen molar-refractivity contribution in [3.8, 4) is 0 Å².